The predicted octanol–water partition coefficient (Wildman–Crippen LogP) is 2.19. The number of nitrogens with zero attached hydrogens (tertiary/aromatic N) is 1. The second-order valence-electron chi connectivity index (χ2n) is 2.97. The minimum absolute atomic E-state index is 0.886. The third-order valence-corrected chi connectivity index (χ3v) is 1.61. The summed E-state index contributed by atoms with van der Waals surface area (Å²) in [5.41, 5.74) is 2.30. The van der Waals surface area contributed by atoms with Gasteiger partial charge in [-0.2, -0.15) is 0 Å². The van der Waals surface area contributed by atoms with Crippen molar-refractivity contribution >= 4 is 6.08 Å². The number of aromatic nitrogens is 1. The molecule has 1 aromatic rings. The van der Waals surface area contributed by atoms with Crippen LogP contribution in [0.1, 0.15) is 12.5 Å². The van der Waals surface area contributed by atoms with Gasteiger partial charge in [0, 0.05) is 12.1 Å². The summed E-state index contributed by atoms with van der Waals surface area (Å²) in [7, 11) is 0. The zero-order valence-electron chi connectivity index (χ0n) is 7.46. The van der Waals surface area contributed by atoms with E-state index in [0.29, 0.717) is 0 Å². The van der Waals surface area contributed by atoms with Crippen LogP contribution < -0.4 is 4.57 Å². The van der Waals surface area contributed by atoms with Crippen LogP contribution >= 0.6 is 0 Å². The number of pyridine rings is 1. The van der Waals surface area contributed by atoms with Crippen molar-refractivity contribution < 1.29 is 4.57 Å². The summed E-state index contributed by atoms with van der Waals surface area (Å²) in [4.78, 5) is 0. The summed E-state index contributed by atoms with van der Waals surface area (Å²) < 4.78 is 2.09. The first-order valence-corrected chi connectivity index (χ1v) is 3.98. The number of hydrogen-bond donors (Lipinski definition) is 0. The van der Waals surface area contributed by atoms with E-state index in [2.05, 4.69) is 17.7 Å². The van der Waals surface area contributed by atoms with Crippen LogP contribution in [0.25, 0.3) is 6.08 Å². The monoisotopic (exact) mass is 160 g/mol. The molecule has 1 aromatic heterocycles. The lowest BCUT2D eigenvalue weighted by molar-refractivity contribution is -0.689. The van der Waals surface area contributed by atoms with Gasteiger partial charge in [0.15, 0.2) is 18.9 Å². The van der Waals surface area contributed by atoms with Crippen molar-refractivity contribution in [2.75, 3.05) is 0 Å². The van der Waals surface area contributed by atoms with Crippen LogP contribution in [0.2, 0.25) is 0 Å². The molecular weight excluding hydrogens is 146 g/mol. The summed E-state index contributed by atoms with van der Waals surface area (Å²) >= 11 is 0. The van der Waals surface area contributed by atoms with Gasteiger partial charge in [-0.3, -0.25) is 0 Å². The maximum Gasteiger partial charge on any atom is 0.169 e. The van der Waals surface area contributed by atoms with Gasteiger partial charge < -0.3 is 0 Å². The Morgan fingerprint density at radius 1 is 1.50 bits per heavy atom. The normalized spacial score (nSPS) is 9.42. The fourth-order valence-electron chi connectivity index (χ4n) is 1.02. The van der Waals surface area contributed by atoms with E-state index >= 15 is 0 Å². The van der Waals surface area contributed by atoms with Crippen LogP contribution in [0.4, 0.5) is 0 Å². The van der Waals surface area contributed by atoms with Gasteiger partial charge in [0.1, 0.15) is 0 Å². The maximum absolute atomic E-state index is 3.85. The molecule has 62 valence electrons. The molecule has 0 aliphatic carbocycles. The van der Waals surface area contributed by atoms with Gasteiger partial charge in [-0.1, -0.05) is 19.2 Å². The maximum atomic E-state index is 3.85. The average molecular weight is 160 g/mol. The summed E-state index contributed by atoms with van der Waals surface area (Å²) in [5.74, 6) is 0. The molecule has 0 saturated heterocycles. The van der Waals surface area contributed by atoms with Crippen LogP contribution in [0.5, 0.6) is 0 Å². The molecule has 0 unspecified atom stereocenters. The lowest BCUT2D eigenvalue weighted by Gasteiger charge is -1.95. The first-order valence-electron chi connectivity index (χ1n) is 3.98. The molecule has 0 bridgehead atoms. The van der Waals surface area contributed by atoms with Gasteiger partial charge in [-0.05, 0) is 18.1 Å². The number of hydrogen-bond acceptors (Lipinski definition) is 0. The molecule has 0 radical (unpaired) electrons. The molecule has 1 heterocycles. The topological polar surface area (TPSA) is 3.88 Å². The Kier molecular flexibility index (Phi) is 2.81. The molecule has 0 aliphatic rings. The van der Waals surface area contributed by atoms with Crippen molar-refractivity contribution in [3.05, 3.63) is 48.8 Å². The van der Waals surface area contributed by atoms with Crippen molar-refractivity contribution in [1.82, 2.24) is 0 Å². The first-order chi connectivity index (χ1) is 5.72. The fraction of sp³-hybridized carbons (Fsp3) is 0.182. The van der Waals surface area contributed by atoms with Crippen LogP contribution in [0, 0.1) is 0 Å². The average Bonchev–Trinajstić information content (AvgIpc) is 2.05. The van der Waals surface area contributed by atoms with Gasteiger partial charge in [-0.25, -0.2) is 4.57 Å². The molecule has 12 heavy (non-hydrogen) atoms. The van der Waals surface area contributed by atoms with Crippen molar-refractivity contribution in [2.45, 2.75) is 13.5 Å². The van der Waals surface area contributed by atoms with E-state index in [1.165, 1.54) is 0 Å². The lowest BCUT2D eigenvalue weighted by atomic mass is 10.2. The second kappa shape index (κ2) is 3.86. The second-order valence-corrected chi connectivity index (χ2v) is 2.97. The fourth-order valence-corrected chi connectivity index (χ4v) is 1.02. The molecule has 0 aromatic carbocycles. The Hall–Kier alpha value is -1.37. The molecule has 1 rings (SSSR count). The molecule has 1 nitrogen and oxygen atoms in total. The Morgan fingerprint density at radius 3 is 2.50 bits per heavy atom. The first kappa shape index (κ1) is 8.72. The highest BCUT2D eigenvalue weighted by molar-refractivity contribution is 5.44. The smallest absolute Gasteiger partial charge is 0.169 e. The molecular formula is C11H14N+. The van der Waals surface area contributed by atoms with Crippen LogP contribution in [0.15, 0.2) is 43.3 Å². The van der Waals surface area contributed by atoms with E-state index in [9.17, 15) is 0 Å². The number of rotatable bonds is 3. The molecule has 0 N–H and O–H groups in total. The van der Waals surface area contributed by atoms with Crippen molar-refractivity contribution in [1.29, 1.82) is 0 Å². The number of allylic oxidation sites excluding steroid dienone is 1. The molecule has 0 fully saturated rings. The van der Waals surface area contributed by atoms with Crippen LogP contribution in [-0.2, 0) is 6.54 Å². The van der Waals surface area contributed by atoms with Gasteiger partial charge in [-0.15, -0.1) is 0 Å². The molecule has 0 spiro atoms. The van der Waals surface area contributed by atoms with E-state index in [1.807, 2.05) is 37.5 Å². The third kappa shape index (κ3) is 2.35. The minimum Gasteiger partial charge on any atom is -0.201 e. The summed E-state index contributed by atoms with van der Waals surface area (Å²) in [6, 6.07) is 4.08. The van der Waals surface area contributed by atoms with Gasteiger partial charge in [0.25, 0.3) is 0 Å². The highest BCUT2D eigenvalue weighted by atomic mass is 14.9. The van der Waals surface area contributed by atoms with Crippen molar-refractivity contribution in [3.63, 3.8) is 0 Å². The van der Waals surface area contributed by atoms with E-state index in [1.54, 1.807) is 0 Å². The molecule has 0 amide bonds. The van der Waals surface area contributed by atoms with Crippen molar-refractivity contribution in [3.8, 4) is 0 Å². The Labute approximate surface area is 73.7 Å². The summed E-state index contributed by atoms with van der Waals surface area (Å²) in [5, 5.41) is 0. The van der Waals surface area contributed by atoms with Gasteiger partial charge in [0.2, 0.25) is 0 Å². The van der Waals surface area contributed by atoms with Crippen LogP contribution in [-0.4, -0.2) is 0 Å². The molecule has 0 saturated carbocycles. The van der Waals surface area contributed by atoms with Crippen molar-refractivity contribution in [2.24, 2.45) is 0 Å². The van der Waals surface area contributed by atoms with Gasteiger partial charge >= 0.3 is 0 Å². The Bertz CT molecular complexity index is 282. The largest absolute Gasteiger partial charge is 0.201 e. The highest BCUT2D eigenvalue weighted by Crippen LogP contribution is 1.96. The standard InChI is InChI=1S/C11H14N/c1-4-11-5-7-12(8-6-11)9-10(2)3/h4-8H,1-2,9H2,3H3/q+1. The highest BCUT2D eigenvalue weighted by Gasteiger charge is 1.97. The Morgan fingerprint density at radius 2 is 2.08 bits per heavy atom. The zero-order valence-corrected chi connectivity index (χ0v) is 7.46. The predicted molar refractivity (Wildman–Crippen MR) is 51.5 cm³/mol. The zero-order chi connectivity index (χ0) is 8.97. The quantitative estimate of drug-likeness (QED) is 0.471. The van der Waals surface area contributed by atoms with Gasteiger partial charge in [0.05, 0.1) is 0 Å². The van der Waals surface area contributed by atoms with E-state index in [-0.39, 0.29) is 0 Å². The lowest BCUT2D eigenvalue weighted by Crippen LogP contribution is -2.32. The molecule has 0 aliphatic heterocycles. The molecule has 0 atom stereocenters. The van der Waals surface area contributed by atoms with E-state index in [0.717, 1.165) is 17.7 Å². The summed E-state index contributed by atoms with van der Waals surface area (Å²) in [6.07, 6.45) is 5.91. The summed E-state index contributed by atoms with van der Waals surface area (Å²) in [6.45, 7) is 10.5. The SMILES string of the molecule is C=Cc1cc[n+](CC(=C)C)cc1. The van der Waals surface area contributed by atoms with Crippen LogP contribution in [0.3, 0.4) is 0 Å². The van der Waals surface area contributed by atoms with E-state index < -0.39 is 0 Å². The molecule has 1 heteroatoms. The van der Waals surface area contributed by atoms with E-state index in [4.69, 9.17) is 0 Å². The Balaban J connectivity index is 2.77. The third-order valence-electron chi connectivity index (χ3n) is 1.61. The minimum atomic E-state index is 0.886.